The Kier molecular flexibility index (Phi) is 6.16. The molecule has 0 saturated heterocycles. The summed E-state index contributed by atoms with van der Waals surface area (Å²) in [5.41, 5.74) is 4.65. The van der Waals surface area contributed by atoms with E-state index >= 15 is 0 Å². The zero-order chi connectivity index (χ0) is 21.8. The Labute approximate surface area is 188 Å². The summed E-state index contributed by atoms with van der Waals surface area (Å²) in [6, 6.07) is 27.9. The summed E-state index contributed by atoms with van der Waals surface area (Å²) in [6.45, 7) is 6.99. The molecule has 1 aromatic heterocycles. The minimum absolute atomic E-state index is 0.0406. The van der Waals surface area contributed by atoms with E-state index in [4.69, 9.17) is 4.98 Å². The second-order valence-corrected chi connectivity index (χ2v) is 15.2. The molecular formula is C26H26N2OSSi. The SMILES string of the molecule is C[Si](C)(C)CNc1ccc(C(=O)c2nc(-c3ccccc3)c(-c3ccccc3)s2)cc1. The number of thiazole rings is 1. The lowest BCUT2D eigenvalue weighted by molar-refractivity contribution is 0.103. The fraction of sp³-hybridized carbons (Fsp3) is 0.154. The number of benzene rings is 3. The number of carbonyl (C=O) groups excluding carboxylic acids is 1. The first-order valence-electron chi connectivity index (χ1n) is 10.4. The summed E-state index contributed by atoms with van der Waals surface area (Å²) in [5, 5.41) is 4.00. The Bertz CT molecular complexity index is 1110. The molecule has 5 heteroatoms. The normalized spacial score (nSPS) is 11.3. The molecule has 0 radical (unpaired) electrons. The molecule has 0 saturated carbocycles. The number of nitrogens with one attached hydrogen (secondary N) is 1. The highest BCUT2D eigenvalue weighted by Crippen LogP contribution is 2.37. The Balaban J connectivity index is 1.65. The van der Waals surface area contributed by atoms with Gasteiger partial charge in [0, 0.05) is 23.0 Å². The second kappa shape index (κ2) is 9.00. The van der Waals surface area contributed by atoms with Gasteiger partial charge in [-0.1, -0.05) is 80.3 Å². The smallest absolute Gasteiger partial charge is 0.221 e. The molecule has 1 heterocycles. The van der Waals surface area contributed by atoms with Gasteiger partial charge in [0.2, 0.25) is 5.78 Å². The summed E-state index contributed by atoms with van der Waals surface area (Å²) in [4.78, 5) is 19.0. The minimum Gasteiger partial charge on any atom is -0.388 e. The number of nitrogens with zero attached hydrogens (tertiary/aromatic N) is 1. The summed E-state index contributed by atoms with van der Waals surface area (Å²) >= 11 is 1.46. The van der Waals surface area contributed by atoms with E-state index in [1.54, 1.807) is 0 Å². The van der Waals surface area contributed by atoms with Crippen LogP contribution in [0.5, 0.6) is 0 Å². The van der Waals surface area contributed by atoms with Gasteiger partial charge in [-0.05, 0) is 29.8 Å². The van der Waals surface area contributed by atoms with E-state index in [1.165, 1.54) is 11.3 Å². The highest BCUT2D eigenvalue weighted by molar-refractivity contribution is 7.17. The highest BCUT2D eigenvalue weighted by atomic mass is 32.1. The third kappa shape index (κ3) is 5.18. The van der Waals surface area contributed by atoms with Crippen LogP contribution in [-0.2, 0) is 0 Å². The van der Waals surface area contributed by atoms with Crippen molar-refractivity contribution < 1.29 is 4.79 Å². The number of hydrogen-bond donors (Lipinski definition) is 1. The Morgan fingerprint density at radius 1 is 0.839 bits per heavy atom. The quantitative estimate of drug-likeness (QED) is 0.247. The van der Waals surface area contributed by atoms with Crippen LogP contribution in [0.15, 0.2) is 84.9 Å². The average Bonchev–Trinajstić information content (AvgIpc) is 3.24. The molecule has 3 aromatic carbocycles. The van der Waals surface area contributed by atoms with Gasteiger partial charge in [-0.15, -0.1) is 11.3 Å². The standard InChI is InChI=1S/C26H26N2OSSi/c1-31(2,3)18-27-22-16-14-20(15-17-22)24(29)26-28-23(19-10-6-4-7-11-19)25(30-26)21-12-8-5-9-13-21/h4-17,27H,18H2,1-3H3. The van der Waals surface area contributed by atoms with E-state index in [0.29, 0.717) is 10.6 Å². The van der Waals surface area contributed by atoms with Crippen LogP contribution in [0.1, 0.15) is 15.4 Å². The first-order valence-corrected chi connectivity index (χ1v) is 14.9. The van der Waals surface area contributed by atoms with Crippen LogP contribution in [0.3, 0.4) is 0 Å². The maximum Gasteiger partial charge on any atom is 0.221 e. The number of ketones is 1. The van der Waals surface area contributed by atoms with Crippen LogP contribution in [-0.4, -0.2) is 25.0 Å². The first kappa shape index (κ1) is 21.2. The molecule has 0 spiro atoms. The van der Waals surface area contributed by atoms with Crippen molar-refractivity contribution in [1.82, 2.24) is 4.98 Å². The molecule has 0 aliphatic carbocycles. The lowest BCUT2D eigenvalue weighted by Gasteiger charge is -2.17. The number of anilines is 1. The molecular weight excluding hydrogens is 416 g/mol. The third-order valence-electron chi connectivity index (χ3n) is 4.87. The fourth-order valence-electron chi connectivity index (χ4n) is 3.22. The van der Waals surface area contributed by atoms with Crippen LogP contribution in [0.2, 0.25) is 19.6 Å². The molecule has 3 nitrogen and oxygen atoms in total. The Morgan fingerprint density at radius 3 is 2.00 bits per heavy atom. The highest BCUT2D eigenvalue weighted by Gasteiger charge is 2.20. The summed E-state index contributed by atoms with van der Waals surface area (Å²) in [6.07, 6.45) is 1.01. The van der Waals surface area contributed by atoms with Crippen LogP contribution >= 0.6 is 11.3 Å². The van der Waals surface area contributed by atoms with E-state index < -0.39 is 8.07 Å². The Hall–Kier alpha value is -3.02. The largest absolute Gasteiger partial charge is 0.388 e. The van der Waals surface area contributed by atoms with Gasteiger partial charge in [-0.3, -0.25) is 4.79 Å². The predicted octanol–water partition coefficient (Wildman–Crippen LogP) is 7.00. The average molecular weight is 443 g/mol. The van der Waals surface area contributed by atoms with Crippen molar-refractivity contribution in [2.75, 3.05) is 11.5 Å². The topological polar surface area (TPSA) is 42.0 Å². The van der Waals surface area contributed by atoms with E-state index in [2.05, 4.69) is 37.1 Å². The van der Waals surface area contributed by atoms with Crippen molar-refractivity contribution in [3.63, 3.8) is 0 Å². The Morgan fingerprint density at radius 2 is 1.42 bits per heavy atom. The van der Waals surface area contributed by atoms with E-state index in [9.17, 15) is 4.79 Å². The number of carbonyl (C=O) groups is 1. The van der Waals surface area contributed by atoms with Gasteiger partial charge >= 0.3 is 0 Å². The molecule has 4 rings (SSSR count). The zero-order valence-electron chi connectivity index (χ0n) is 18.1. The molecule has 1 N–H and O–H groups in total. The molecule has 0 bridgehead atoms. The maximum atomic E-state index is 13.2. The molecule has 0 amide bonds. The number of hydrogen-bond acceptors (Lipinski definition) is 4. The molecule has 4 aromatic rings. The molecule has 31 heavy (non-hydrogen) atoms. The van der Waals surface area contributed by atoms with Crippen LogP contribution < -0.4 is 5.32 Å². The second-order valence-electron chi connectivity index (χ2n) is 8.75. The van der Waals surface area contributed by atoms with Crippen molar-refractivity contribution in [2.45, 2.75) is 19.6 Å². The predicted molar refractivity (Wildman–Crippen MR) is 135 cm³/mol. The fourth-order valence-corrected chi connectivity index (χ4v) is 5.01. The van der Waals surface area contributed by atoms with Gasteiger partial charge in [0.25, 0.3) is 0 Å². The first-order chi connectivity index (χ1) is 14.9. The molecule has 156 valence electrons. The molecule has 0 aliphatic rings. The maximum absolute atomic E-state index is 13.2. The van der Waals surface area contributed by atoms with Crippen molar-refractivity contribution in [3.8, 4) is 21.7 Å². The number of aromatic nitrogens is 1. The number of rotatable bonds is 7. The van der Waals surface area contributed by atoms with Crippen molar-refractivity contribution in [1.29, 1.82) is 0 Å². The van der Waals surface area contributed by atoms with Crippen molar-refractivity contribution in [2.24, 2.45) is 0 Å². The van der Waals surface area contributed by atoms with E-state index in [1.807, 2.05) is 72.8 Å². The van der Waals surface area contributed by atoms with Gasteiger partial charge in [-0.2, -0.15) is 0 Å². The summed E-state index contributed by atoms with van der Waals surface area (Å²) in [5.74, 6) is -0.0406. The summed E-state index contributed by atoms with van der Waals surface area (Å²) in [7, 11) is -1.18. The van der Waals surface area contributed by atoms with Gasteiger partial charge < -0.3 is 5.32 Å². The van der Waals surface area contributed by atoms with Gasteiger partial charge in [0.1, 0.15) is 0 Å². The van der Waals surface area contributed by atoms with Crippen molar-refractivity contribution >= 4 is 30.9 Å². The zero-order valence-corrected chi connectivity index (χ0v) is 19.9. The van der Waals surface area contributed by atoms with Crippen LogP contribution in [0.25, 0.3) is 21.7 Å². The van der Waals surface area contributed by atoms with E-state index in [-0.39, 0.29) is 5.78 Å². The molecule has 0 atom stereocenters. The molecule has 0 fully saturated rings. The molecule has 0 unspecified atom stereocenters. The van der Waals surface area contributed by atoms with Gasteiger partial charge in [0.15, 0.2) is 5.01 Å². The monoisotopic (exact) mass is 442 g/mol. The summed E-state index contributed by atoms with van der Waals surface area (Å²) < 4.78 is 0. The third-order valence-corrected chi connectivity index (χ3v) is 7.22. The van der Waals surface area contributed by atoms with Crippen molar-refractivity contribution in [3.05, 3.63) is 95.5 Å². The molecule has 0 aliphatic heterocycles. The minimum atomic E-state index is -1.18. The van der Waals surface area contributed by atoms with Crippen LogP contribution in [0, 0.1) is 0 Å². The van der Waals surface area contributed by atoms with Gasteiger partial charge in [-0.25, -0.2) is 4.98 Å². The van der Waals surface area contributed by atoms with Gasteiger partial charge in [0.05, 0.1) is 18.6 Å². The lowest BCUT2D eigenvalue weighted by atomic mass is 10.1. The lowest BCUT2D eigenvalue weighted by Crippen LogP contribution is -2.31. The van der Waals surface area contributed by atoms with E-state index in [0.717, 1.165) is 33.6 Å². The van der Waals surface area contributed by atoms with Crippen LogP contribution in [0.4, 0.5) is 5.69 Å².